The molecule has 3 nitrogen and oxygen atoms in total. The number of ether oxygens (including phenoxy) is 1. The zero-order valence-corrected chi connectivity index (χ0v) is 8.00. The van der Waals surface area contributed by atoms with E-state index in [0.717, 1.165) is 23.7 Å². The Balaban J connectivity index is 2.38. The first kappa shape index (κ1) is 8.10. The lowest BCUT2D eigenvalue weighted by atomic mass is 10.2. The first-order chi connectivity index (χ1) is 5.77. The summed E-state index contributed by atoms with van der Waals surface area (Å²) in [6, 6.07) is 0. The molecule has 0 saturated carbocycles. The molecule has 0 saturated heterocycles. The summed E-state index contributed by atoms with van der Waals surface area (Å²) in [5.74, 6) is 0. The summed E-state index contributed by atoms with van der Waals surface area (Å²) in [5.41, 5.74) is 6.57. The predicted octanol–water partition coefficient (Wildman–Crippen LogP) is 0.850. The molecule has 1 aliphatic rings. The van der Waals surface area contributed by atoms with Gasteiger partial charge in [-0.15, -0.1) is 11.3 Å². The summed E-state index contributed by atoms with van der Waals surface area (Å²) >= 11 is 6.38. The van der Waals surface area contributed by atoms with Crippen LogP contribution in [0.2, 0.25) is 0 Å². The van der Waals surface area contributed by atoms with Crippen molar-refractivity contribution in [3.63, 3.8) is 0 Å². The van der Waals surface area contributed by atoms with Crippen molar-refractivity contribution in [1.82, 2.24) is 4.98 Å². The van der Waals surface area contributed by atoms with Crippen molar-refractivity contribution in [2.45, 2.75) is 13.0 Å². The van der Waals surface area contributed by atoms with Crippen molar-refractivity contribution in [3.8, 4) is 0 Å². The Kier molecular flexibility index (Phi) is 2.08. The highest BCUT2D eigenvalue weighted by atomic mass is 32.1. The van der Waals surface area contributed by atoms with E-state index in [1.165, 1.54) is 4.88 Å². The molecular formula is C7H8N2OS2. The summed E-state index contributed by atoms with van der Waals surface area (Å²) in [7, 11) is 0. The lowest BCUT2D eigenvalue weighted by Gasteiger charge is -2.08. The number of thiazole rings is 1. The first-order valence-corrected chi connectivity index (χ1v) is 4.86. The molecule has 0 fully saturated rings. The molecule has 0 amide bonds. The maximum absolute atomic E-state index is 5.46. The van der Waals surface area contributed by atoms with E-state index in [1.807, 2.05) is 0 Å². The Bertz CT molecular complexity index is 298. The predicted molar refractivity (Wildman–Crippen MR) is 51.4 cm³/mol. The van der Waals surface area contributed by atoms with Crippen LogP contribution in [0.4, 0.5) is 0 Å². The van der Waals surface area contributed by atoms with Crippen LogP contribution in [-0.4, -0.2) is 16.6 Å². The van der Waals surface area contributed by atoms with Crippen molar-refractivity contribution in [2.24, 2.45) is 5.73 Å². The van der Waals surface area contributed by atoms with Crippen LogP contribution in [0.3, 0.4) is 0 Å². The van der Waals surface area contributed by atoms with Gasteiger partial charge < -0.3 is 10.5 Å². The molecule has 2 heterocycles. The van der Waals surface area contributed by atoms with Crippen molar-refractivity contribution in [3.05, 3.63) is 15.6 Å². The number of fused-ring (bicyclic) bond motifs is 1. The highest BCUT2D eigenvalue weighted by Gasteiger charge is 2.15. The number of aromatic nitrogens is 1. The largest absolute Gasteiger partial charge is 0.387 e. The van der Waals surface area contributed by atoms with Crippen LogP contribution in [0.1, 0.15) is 15.6 Å². The Morgan fingerprint density at radius 3 is 3.17 bits per heavy atom. The lowest BCUT2D eigenvalue weighted by molar-refractivity contribution is 0.112. The second-order valence-electron chi connectivity index (χ2n) is 2.56. The van der Waals surface area contributed by atoms with E-state index >= 15 is 0 Å². The molecule has 1 aromatic rings. The van der Waals surface area contributed by atoms with Crippen LogP contribution in [0, 0.1) is 0 Å². The summed E-state index contributed by atoms with van der Waals surface area (Å²) in [4.78, 5) is 5.88. The van der Waals surface area contributed by atoms with E-state index in [-0.39, 0.29) is 0 Å². The van der Waals surface area contributed by atoms with E-state index in [4.69, 9.17) is 22.7 Å². The van der Waals surface area contributed by atoms with Crippen LogP contribution in [-0.2, 0) is 17.8 Å². The molecule has 0 spiro atoms. The molecule has 0 aliphatic carbocycles. The van der Waals surface area contributed by atoms with Gasteiger partial charge in [0.1, 0.15) is 4.99 Å². The Hall–Kier alpha value is -0.520. The van der Waals surface area contributed by atoms with Crippen molar-refractivity contribution in [1.29, 1.82) is 0 Å². The third kappa shape index (κ3) is 1.35. The van der Waals surface area contributed by atoms with Gasteiger partial charge in [-0.05, 0) is 0 Å². The second kappa shape index (κ2) is 3.08. The SMILES string of the molecule is NC(=S)c1nc2c(s1)COCC2. The molecule has 0 unspecified atom stereocenters. The van der Waals surface area contributed by atoms with Crippen LogP contribution < -0.4 is 5.73 Å². The Morgan fingerprint density at radius 2 is 2.50 bits per heavy atom. The third-order valence-corrected chi connectivity index (χ3v) is 3.13. The summed E-state index contributed by atoms with van der Waals surface area (Å²) in [6.45, 7) is 1.42. The van der Waals surface area contributed by atoms with E-state index in [2.05, 4.69) is 4.98 Å². The zero-order chi connectivity index (χ0) is 8.55. The lowest BCUT2D eigenvalue weighted by Crippen LogP contribution is -2.10. The van der Waals surface area contributed by atoms with Gasteiger partial charge >= 0.3 is 0 Å². The van der Waals surface area contributed by atoms with Crippen molar-refractivity contribution < 1.29 is 4.74 Å². The number of hydrogen-bond donors (Lipinski definition) is 1. The molecule has 0 radical (unpaired) electrons. The fraction of sp³-hybridized carbons (Fsp3) is 0.429. The van der Waals surface area contributed by atoms with Crippen LogP contribution in [0.5, 0.6) is 0 Å². The van der Waals surface area contributed by atoms with Gasteiger partial charge in [-0.1, -0.05) is 12.2 Å². The number of rotatable bonds is 1. The van der Waals surface area contributed by atoms with Gasteiger partial charge in [-0.25, -0.2) is 4.98 Å². The highest BCUT2D eigenvalue weighted by molar-refractivity contribution is 7.81. The molecule has 1 aromatic heterocycles. The van der Waals surface area contributed by atoms with Crippen molar-refractivity contribution in [2.75, 3.05) is 6.61 Å². The normalized spacial score (nSPS) is 15.7. The van der Waals surface area contributed by atoms with Crippen LogP contribution in [0.15, 0.2) is 0 Å². The summed E-state index contributed by atoms with van der Waals surface area (Å²) in [5, 5.41) is 0.764. The molecule has 12 heavy (non-hydrogen) atoms. The van der Waals surface area contributed by atoms with Gasteiger partial charge in [0.15, 0.2) is 5.01 Å². The smallest absolute Gasteiger partial charge is 0.150 e. The van der Waals surface area contributed by atoms with E-state index < -0.39 is 0 Å². The molecule has 0 atom stereocenters. The molecule has 2 N–H and O–H groups in total. The Morgan fingerprint density at radius 1 is 1.67 bits per heavy atom. The molecule has 1 aliphatic heterocycles. The third-order valence-electron chi connectivity index (χ3n) is 1.71. The quantitative estimate of drug-likeness (QED) is 0.683. The fourth-order valence-corrected chi connectivity index (χ4v) is 2.20. The van der Waals surface area contributed by atoms with E-state index in [9.17, 15) is 0 Å². The first-order valence-electron chi connectivity index (χ1n) is 3.63. The molecule has 5 heteroatoms. The van der Waals surface area contributed by atoms with Crippen LogP contribution in [0.25, 0.3) is 0 Å². The number of nitrogens with zero attached hydrogens (tertiary/aromatic N) is 1. The monoisotopic (exact) mass is 200 g/mol. The maximum atomic E-state index is 5.46. The minimum absolute atomic E-state index is 0.384. The van der Waals surface area contributed by atoms with Gasteiger partial charge in [-0.2, -0.15) is 0 Å². The number of nitrogens with two attached hydrogens (primary N) is 1. The molecule has 0 bridgehead atoms. The minimum Gasteiger partial charge on any atom is -0.387 e. The number of thiocarbonyl (C=S) groups is 1. The highest BCUT2D eigenvalue weighted by Crippen LogP contribution is 2.23. The fourth-order valence-electron chi connectivity index (χ4n) is 1.13. The minimum atomic E-state index is 0.384. The Labute approximate surface area is 79.6 Å². The van der Waals surface area contributed by atoms with E-state index in [0.29, 0.717) is 11.6 Å². The zero-order valence-electron chi connectivity index (χ0n) is 6.37. The van der Waals surface area contributed by atoms with Gasteiger partial charge in [0.25, 0.3) is 0 Å². The summed E-state index contributed by atoms with van der Waals surface area (Å²) in [6.07, 6.45) is 0.883. The van der Waals surface area contributed by atoms with Gasteiger partial charge in [0, 0.05) is 6.42 Å². The van der Waals surface area contributed by atoms with Gasteiger partial charge in [0.2, 0.25) is 0 Å². The summed E-state index contributed by atoms with van der Waals surface area (Å²) < 4.78 is 5.28. The second-order valence-corrected chi connectivity index (χ2v) is 4.08. The average molecular weight is 200 g/mol. The molecule has 0 aromatic carbocycles. The molecule has 2 rings (SSSR count). The number of hydrogen-bond acceptors (Lipinski definition) is 4. The standard InChI is InChI=1S/C7H8N2OS2/c8-6(11)7-9-4-1-2-10-3-5(4)12-7/h1-3H2,(H2,8,11). The molecular weight excluding hydrogens is 192 g/mol. The van der Waals surface area contributed by atoms with Crippen LogP contribution >= 0.6 is 23.6 Å². The van der Waals surface area contributed by atoms with Gasteiger partial charge in [0.05, 0.1) is 23.8 Å². The van der Waals surface area contributed by atoms with E-state index in [1.54, 1.807) is 11.3 Å². The van der Waals surface area contributed by atoms with Gasteiger partial charge in [-0.3, -0.25) is 0 Å². The maximum Gasteiger partial charge on any atom is 0.150 e. The average Bonchev–Trinajstić information content (AvgIpc) is 2.46. The van der Waals surface area contributed by atoms with Crippen molar-refractivity contribution >= 4 is 28.5 Å². The molecule has 64 valence electrons. The topological polar surface area (TPSA) is 48.1 Å².